The van der Waals surface area contributed by atoms with Crippen LogP contribution in [0.2, 0.25) is 0 Å². The number of aromatic nitrogens is 1. The van der Waals surface area contributed by atoms with Gasteiger partial charge < -0.3 is 15.2 Å². The van der Waals surface area contributed by atoms with Gasteiger partial charge in [0.15, 0.2) is 0 Å². The van der Waals surface area contributed by atoms with E-state index < -0.39 is 0 Å². The van der Waals surface area contributed by atoms with Gasteiger partial charge in [-0.05, 0) is 29.8 Å². The van der Waals surface area contributed by atoms with E-state index in [9.17, 15) is 9.59 Å². The second-order valence-corrected chi connectivity index (χ2v) is 6.06. The number of benzene rings is 1. The van der Waals surface area contributed by atoms with Crippen LogP contribution >= 0.6 is 0 Å². The average molecular weight is 326 g/mol. The molecule has 6 nitrogen and oxygen atoms in total. The zero-order valence-electron chi connectivity index (χ0n) is 13.6. The molecule has 126 valence electrons. The Kier molecular flexibility index (Phi) is 4.96. The van der Waals surface area contributed by atoms with Crippen LogP contribution in [-0.2, 0) is 16.0 Å². The SMILES string of the molecule is NC(=O)CN1CCN(C(=O)Cc2ccc(-n3cccc3)cc2)CC1. The molecule has 1 aliphatic rings. The summed E-state index contributed by atoms with van der Waals surface area (Å²) in [7, 11) is 0. The fraction of sp³-hybridized carbons (Fsp3) is 0.333. The smallest absolute Gasteiger partial charge is 0.231 e. The molecule has 0 unspecified atom stereocenters. The molecule has 6 heteroatoms. The van der Waals surface area contributed by atoms with E-state index in [2.05, 4.69) is 0 Å². The molecule has 0 radical (unpaired) electrons. The zero-order chi connectivity index (χ0) is 16.9. The number of amides is 2. The number of nitrogens with two attached hydrogens (primary N) is 1. The number of carbonyl (C=O) groups excluding carboxylic acids is 2. The minimum Gasteiger partial charge on any atom is -0.369 e. The number of primary amides is 1. The molecular formula is C18H22N4O2. The highest BCUT2D eigenvalue weighted by atomic mass is 16.2. The van der Waals surface area contributed by atoms with Crippen LogP contribution < -0.4 is 5.73 Å². The zero-order valence-corrected chi connectivity index (χ0v) is 13.6. The van der Waals surface area contributed by atoms with E-state index in [1.165, 1.54) is 0 Å². The fourth-order valence-electron chi connectivity index (χ4n) is 2.95. The van der Waals surface area contributed by atoms with Crippen molar-refractivity contribution in [2.45, 2.75) is 6.42 Å². The number of rotatable bonds is 5. The maximum Gasteiger partial charge on any atom is 0.231 e. The van der Waals surface area contributed by atoms with E-state index in [0.717, 1.165) is 11.3 Å². The summed E-state index contributed by atoms with van der Waals surface area (Å²) in [5.41, 5.74) is 7.29. The van der Waals surface area contributed by atoms with Crippen LogP contribution in [-0.4, -0.2) is 58.9 Å². The number of piperazine rings is 1. The Hall–Kier alpha value is -2.60. The Bertz CT molecular complexity index is 686. The molecule has 24 heavy (non-hydrogen) atoms. The maximum absolute atomic E-state index is 12.4. The summed E-state index contributed by atoms with van der Waals surface area (Å²) < 4.78 is 2.03. The molecule has 0 atom stereocenters. The predicted molar refractivity (Wildman–Crippen MR) is 91.7 cm³/mol. The lowest BCUT2D eigenvalue weighted by Gasteiger charge is -2.34. The highest BCUT2D eigenvalue weighted by Gasteiger charge is 2.21. The lowest BCUT2D eigenvalue weighted by atomic mass is 10.1. The third kappa shape index (κ3) is 4.02. The van der Waals surface area contributed by atoms with E-state index in [1.807, 2.05) is 63.2 Å². The number of hydrogen-bond donors (Lipinski definition) is 1. The molecule has 3 rings (SSSR count). The number of nitrogens with zero attached hydrogens (tertiary/aromatic N) is 3. The highest BCUT2D eigenvalue weighted by molar-refractivity contribution is 5.79. The van der Waals surface area contributed by atoms with Gasteiger partial charge in [-0.15, -0.1) is 0 Å². The van der Waals surface area contributed by atoms with Crippen molar-refractivity contribution in [1.29, 1.82) is 0 Å². The van der Waals surface area contributed by atoms with Gasteiger partial charge in [0.2, 0.25) is 11.8 Å². The molecule has 1 aliphatic heterocycles. The van der Waals surface area contributed by atoms with Gasteiger partial charge in [-0.2, -0.15) is 0 Å². The first-order chi connectivity index (χ1) is 11.6. The Morgan fingerprint density at radius 2 is 1.58 bits per heavy atom. The predicted octanol–water partition coefficient (Wildman–Crippen LogP) is 0.649. The third-order valence-corrected chi connectivity index (χ3v) is 4.30. The molecule has 2 N–H and O–H groups in total. The molecule has 1 aromatic heterocycles. The standard InChI is InChI=1S/C18H22N4O2/c19-17(23)14-20-9-11-22(12-10-20)18(24)13-15-3-5-16(6-4-15)21-7-1-2-8-21/h1-8H,9-14H2,(H2,19,23). The van der Waals surface area contributed by atoms with Crippen LogP contribution in [0, 0.1) is 0 Å². The fourth-order valence-corrected chi connectivity index (χ4v) is 2.95. The second kappa shape index (κ2) is 7.31. The van der Waals surface area contributed by atoms with E-state index in [0.29, 0.717) is 32.6 Å². The van der Waals surface area contributed by atoms with E-state index in [-0.39, 0.29) is 18.4 Å². The first kappa shape index (κ1) is 16.3. The van der Waals surface area contributed by atoms with Crippen molar-refractivity contribution < 1.29 is 9.59 Å². The van der Waals surface area contributed by atoms with Crippen molar-refractivity contribution >= 4 is 11.8 Å². The second-order valence-electron chi connectivity index (χ2n) is 6.06. The van der Waals surface area contributed by atoms with Crippen LogP contribution in [0.1, 0.15) is 5.56 Å². The monoisotopic (exact) mass is 326 g/mol. The molecule has 0 spiro atoms. The van der Waals surface area contributed by atoms with Gasteiger partial charge in [0.25, 0.3) is 0 Å². The summed E-state index contributed by atoms with van der Waals surface area (Å²) in [6, 6.07) is 12.0. The topological polar surface area (TPSA) is 71.6 Å². The quantitative estimate of drug-likeness (QED) is 0.877. The minimum absolute atomic E-state index is 0.127. The average Bonchev–Trinajstić information content (AvgIpc) is 3.10. The third-order valence-electron chi connectivity index (χ3n) is 4.30. The van der Waals surface area contributed by atoms with Crippen LogP contribution in [0.15, 0.2) is 48.8 Å². The van der Waals surface area contributed by atoms with Gasteiger partial charge in [-0.25, -0.2) is 0 Å². The van der Waals surface area contributed by atoms with Gasteiger partial charge in [0.1, 0.15) is 0 Å². The van der Waals surface area contributed by atoms with Crippen LogP contribution in [0.25, 0.3) is 5.69 Å². The molecule has 0 bridgehead atoms. The molecule has 0 aliphatic carbocycles. The van der Waals surface area contributed by atoms with Crippen molar-refractivity contribution in [2.75, 3.05) is 32.7 Å². The van der Waals surface area contributed by atoms with E-state index in [1.54, 1.807) is 0 Å². The Morgan fingerprint density at radius 3 is 2.17 bits per heavy atom. The van der Waals surface area contributed by atoms with Crippen LogP contribution in [0.5, 0.6) is 0 Å². The van der Waals surface area contributed by atoms with Crippen molar-refractivity contribution in [3.8, 4) is 5.69 Å². The molecule has 1 fully saturated rings. The minimum atomic E-state index is -0.322. The van der Waals surface area contributed by atoms with Gasteiger partial charge in [-0.1, -0.05) is 12.1 Å². The molecular weight excluding hydrogens is 304 g/mol. The Morgan fingerprint density at radius 1 is 0.958 bits per heavy atom. The largest absolute Gasteiger partial charge is 0.369 e. The van der Waals surface area contributed by atoms with Gasteiger partial charge >= 0.3 is 0 Å². The highest BCUT2D eigenvalue weighted by Crippen LogP contribution is 2.12. The molecule has 0 saturated carbocycles. The van der Waals surface area contributed by atoms with Crippen molar-refractivity contribution in [3.63, 3.8) is 0 Å². The van der Waals surface area contributed by atoms with Gasteiger partial charge in [0.05, 0.1) is 13.0 Å². The summed E-state index contributed by atoms with van der Waals surface area (Å²) in [4.78, 5) is 27.2. The van der Waals surface area contributed by atoms with E-state index >= 15 is 0 Å². The molecule has 2 aromatic rings. The lowest BCUT2D eigenvalue weighted by Crippen LogP contribution is -2.50. The van der Waals surface area contributed by atoms with Gasteiger partial charge in [-0.3, -0.25) is 14.5 Å². The van der Waals surface area contributed by atoms with Crippen molar-refractivity contribution in [3.05, 3.63) is 54.4 Å². The van der Waals surface area contributed by atoms with E-state index in [4.69, 9.17) is 5.73 Å². The molecule has 2 amide bonds. The summed E-state index contributed by atoms with van der Waals surface area (Å²) >= 11 is 0. The normalized spacial score (nSPS) is 15.4. The van der Waals surface area contributed by atoms with Crippen LogP contribution in [0.3, 0.4) is 0 Å². The first-order valence-electron chi connectivity index (χ1n) is 8.12. The summed E-state index contributed by atoms with van der Waals surface area (Å²) in [6.07, 6.45) is 4.39. The molecule has 1 saturated heterocycles. The number of carbonyl (C=O) groups is 2. The summed E-state index contributed by atoms with van der Waals surface area (Å²) in [6.45, 7) is 2.95. The van der Waals surface area contributed by atoms with Crippen molar-refractivity contribution in [2.24, 2.45) is 5.73 Å². The van der Waals surface area contributed by atoms with Crippen molar-refractivity contribution in [1.82, 2.24) is 14.4 Å². The maximum atomic E-state index is 12.4. The Balaban J connectivity index is 1.53. The first-order valence-corrected chi connectivity index (χ1v) is 8.12. The van der Waals surface area contributed by atoms with Crippen LogP contribution in [0.4, 0.5) is 0 Å². The molecule has 2 heterocycles. The lowest BCUT2D eigenvalue weighted by molar-refractivity contribution is -0.132. The summed E-state index contributed by atoms with van der Waals surface area (Å²) in [5, 5.41) is 0. The molecule has 1 aromatic carbocycles. The number of hydrogen-bond acceptors (Lipinski definition) is 3. The Labute approximate surface area is 141 Å². The summed E-state index contributed by atoms with van der Waals surface area (Å²) in [5.74, 6) is -0.194. The van der Waals surface area contributed by atoms with Gasteiger partial charge in [0, 0.05) is 44.3 Å².